The number of aldehydes is 1. The minimum absolute atomic E-state index is 0.0989. The number of nitrogens with zero attached hydrogens (tertiary/aromatic N) is 1. The van der Waals surface area contributed by atoms with E-state index in [9.17, 15) is 14.9 Å². The molecule has 23 heavy (non-hydrogen) atoms. The summed E-state index contributed by atoms with van der Waals surface area (Å²) in [5, 5.41) is 11.0. The molecule has 0 aliphatic heterocycles. The largest absolute Gasteiger partial charge is 0.453 e. The van der Waals surface area contributed by atoms with Crippen molar-refractivity contribution in [2.75, 3.05) is 0 Å². The average molecular weight is 309 g/mol. The Morgan fingerprint density at radius 1 is 1.00 bits per heavy atom. The van der Waals surface area contributed by atoms with E-state index in [2.05, 4.69) is 0 Å². The van der Waals surface area contributed by atoms with Gasteiger partial charge in [-0.05, 0) is 42.5 Å². The van der Waals surface area contributed by atoms with E-state index in [0.717, 1.165) is 5.56 Å². The number of hydrogen-bond donors (Lipinski definition) is 0. The van der Waals surface area contributed by atoms with Gasteiger partial charge in [-0.15, -0.1) is 0 Å². The van der Waals surface area contributed by atoms with Gasteiger partial charge in [-0.3, -0.25) is 14.9 Å². The van der Waals surface area contributed by atoms with Gasteiger partial charge in [0.25, 0.3) is 0 Å². The molecule has 0 radical (unpaired) electrons. The van der Waals surface area contributed by atoms with Gasteiger partial charge >= 0.3 is 5.69 Å². The summed E-state index contributed by atoms with van der Waals surface area (Å²) in [7, 11) is 0. The van der Waals surface area contributed by atoms with Gasteiger partial charge in [-0.25, -0.2) is 0 Å². The maximum absolute atomic E-state index is 11.0. The third-order valence-electron chi connectivity index (χ3n) is 3.17. The molecule has 0 aliphatic carbocycles. The molecule has 6 heteroatoms. The summed E-state index contributed by atoms with van der Waals surface area (Å²) in [6.07, 6.45) is 0.634. The number of nitro benzene ring substituents is 1. The van der Waals surface area contributed by atoms with Crippen LogP contribution in [-0.4, -0.2) is 11.2 Å². The SMILES string of the molecule is O=Cc1ccc(-c2ccc(Oc3ccccc3[N+](=O)[O-])cc2)o1. The van der Waals surface area contributed by atoms with Crippen LogP contribution in [0.3, 0.4) is 0 Å². The zero-order chi connectivity index (χ0) is 16.2. The predicted molar refractivity (Wildman–Crippen MR) is 82.7 cm³/mol. The van der Waals surface area contributed by atoms with Crippen molar-refractivity contribution in [3.63, 3.8) is 0 Å². The standard InChI is InChI=1S/C17H11NO5/c19-11-14-9-10-16(23-14)12-5-7-13(8-6-12)22-17-4-2-1-3-15(17)18(20)21/h1-11H. The van der Waals surface area contributed by atoms with Crippen molar-refractivity contribution in [1.82, 2.24) is 0 Å². The van der Waals surface area contributed by atoms with Crippen molar-refractivity contribution in [2.45, 2.75) is 0 Å². The molecule has 0 N–H and O–H groups in total. The van der Waals surface area contributed by atoms with Crippen LogP contribution in [0.4, 0.5) is 5.69 Å². The van der Waals surface area contributed by atoms with Crippen LogP contribution in [0.15, 0.2) is 65.1 Å². The molecule has 3 aromatic rings. The molecule has 0 aliphatic rings. The Labute approximate surface area is 131 Å². The first-order chi connectivity index (χ1) is 11.2. The van der Waals surface area contributed by atoms with Crippen LogP contribution in [0, 0.1) is 10.1 Å². The predicted octanol–water partition coefficient (Wildman–Crippen LogP) is 4.46. The minimum Gasteiger partial charge on any atom is -0.453 e. The molecular formula is C17H11NO5. The number of hydrogen-bond acceptors (Lipinski definition) is 5. The zero-order valence-electron chi connectivity index (χ0n) is 11.8. The monoisotopic (exact) mass is 309 g/mol. The molecule has 0 saturated heterocycles. The molecule has 0 bridgehead atoms. The lowest BCUT2D eigenvalue weighted by Crippen LogP contribution is -1.92. The molecule has 1 aromatic heterocycles. The molecule has 0 atom stereocenters. The van der Waals surface area contributed by atoms with Crippen molar-refractivity contribution >= 4 is 12.0 Å². The molecule has 1 heterocycles. The van der Waals surface area contributed by atoms with Crippen LogP contribution in [0.1, 0.15) is 10.6 Å². The first kappa shape index (κ1) is 14.5. The van der Waals surface area contributed by atoms with Crippen LogP contribution in [0.2, 0.25) is 0 Å². The van der Waals surface area contributed by atoms with Crippen molar-refractivity contribution in [1.29, 1.82) is 0 Å². The van der Waals surface area contributed by atoms with Crippen LogP contribution in [-0.2, 0) is 0 Å². The zero-order valence-corrected chi connectivity index (χ0v) is 11.8. The van der Waals surface area contributed by atoms with E-state index >= 15 is 0 Å². The number of benzene rings is 2. The van der Waals surface area contributed by atoms with E-state index in [1.807, 2.05) is 0 Å². The summed E-state index contributed by atoms with van der Waals surface area (Å²) in [5.74, 6) is 1.45. The highest BCUT2D eigenvalue weighted by molar-refractivity contribution is 5.72. The lowest BCUT2D eigenvalue weighted by atomic mass is 10.2. The highest BCUT2D eigenvalue weighted by Crippen LogP contribution is 2.32. The fraction of sp³-hybridized carbons (Fsp3) is 0. The third-order valence-corrected chi connectivity index (χ3v) is 3.17. The smallest absolute Gasteiger partial charge is 0.311 e. The summed E-state index contributed by atoms with van der Waals surface area (Å²) < 4.78 is 10.9. The van der Waals surface area contributed by atoms with Gasteiger partial charge in [-0.2, -0.15) is 0 Å². The van der Waals surface area contributed by atoms with E-state index in [1.165, 1.54) is 12.1 Å². The van der Waals surface area contributed by atoms with E-state index in [0.29, 0.717) is 17.8 Å². The molecule has 6 nitrogen and oxygen atoms in total. The molecule has 0 amide bonds. The second-order valence-corrected chi connectivity index (χ2v) is 4.67. The maximum Gasteiger partial charge on any atom is 0.311 e. The highest BCUT2D eigenvalue weighted by atomic mass is 16.6. The number of ether oxygens (including phenoxy) is 1. The third kappa shape index (κ3) is 3.11. The highest BCUT2D eigenvalue weighted by Gasteiger charge is 2.14. The van der Waals surface area contributed by atoms with E-state index in [4.69, 9.17) is 9.15 Å². The van der Waals surface area contributed by atoms with Crippen molar-refractivity contribution < 1.29 is 18.9 Å². The summed E-state index contributed by atoms with van der Waals surface area (Å²) >= 11 is 0. The number of carbonyl (C=O) groups is 1. The number of rotatable bonds is 5. The Kier molecular flexibility index (Phi) is 3.88. The fourth-order valence-electron chi connectivity index (χ4n) is 2.08. The maximum atomic E-state index is 11.0. The molecule has 2 aromatic carbocycles. The molecule has 0 saturated carbocycles. The Bertz CT molecular complexity index is 851. The van der Waals surface area contributed by atoms with Crippen LogP contribution in [0.5, 0.6) is 11.5 Å². The first-order valence-corrected chi connectivity index (χ1v) is 6.74. The first-order valence-electron chi connectivity index (χ1n) is 6.74. The quantitative estimate of drug-likeness (QED) is 0.395. The van der Waals surface area contributed by atoms with Gasteiger partial charge in [0.05, 0.1) is 4.92 Å². The van der Waals surface area contributed by atoms with E-state index in [1.54, 1.807) is 48.5 Å². The lowest BCUT2D eigenvalue weighted by Gasteiger charge is -2.06. The summed E-state index contributed by atoms with van der Waals surface area (Å²) in [5.41, 5.74) is 0.672. The van der Waals surface area contributed by atoms with Gasteiger partial charge in [0.1, 0.15) is 11.5 Å². The molecule has 114 valence electrons. The van der Waals surface area contributed by atoms with Gasteiger partial charge < -0.3 is 9.15 Å². The Hall–Kier alpha value is -3.41. The molecule has 0 fully saturated rings. The molecule has 3 rings (SSSR count). The number of carbonyl (C=O) groups excluding carboxylic acids is 1. The minimum atomic E-state index is -0.493. The summed E-state index contributed by atoms with van der Waals surface area (Å²) in [6.45, 7) is 0. The fourth-order valence-corrected chi connectivity index (χ4v) is 2.08. The van der Waals surface area contributed by atoms with Gasteiger partial charge in [0.15, 0.2) is 12.0 Å². The van der Waals surface area contributed by atoms with Crippen molar-refractivity contribution in [3.05, 3.63) is 76.5 Å². The van der Waals surface area contributed by atoms with Gasteiger partial charge in [0.2, 0.25) is 5.75 Å². The molecule has 0 spiro atoms. The van der Waals surface area contributed by atoms with Crippen LogP contribution >= 0.6 is 0 Å². The topological polar surface area (TPSA) is 82.6 Å². The van der Waals surface area contributed by atoms with Crippen molar-refractivity contribution in [2.24, 2.45) is 0 Å². The Morgan fingerprint density at radius 2 is 1.74 bits per heavy atom. The number of para-hydroxylation sites is 2. The summed E-state index contributed by atoms with van der Waals surface area (Å²) in [4.78, 5) is 21.1. The van der Waals surface area contributed by atoms with Crippen LogP contribution < -0.4 is 4.74 Å². The Morgan fingerprint density at radius 3 is 2.39 bits per heavy atom. The number of nitro groups is 1. The van der Waals surface area contributed by atoms with Crippen LogP contribution in [0.25, 0.3) is 11.3 Å². The number of furan rings is 1. The normalized spacial score (nSPS) is 10.3. The van der Waals surface area contributed by atoms with Gasteiger partial charge in [0, 0.05) is 11.6 Å². The Balaban J connectivity index is 1.83. The van der Waals surface area contributed by atoms with E-state index in [-0.39, 0.29) is 17.2 Å². The van der Waals surface area contributed by atoms with Gasteiger partial charge in [-0.1, -0.05) is 12.1 Å². The second-order valence-electron chi connectivity index (χ2n) is 4.67. The molecule has 0 unspecified atom stereocenters. The van der Waals surface area contributed by atoms with E-state index < -0.39 is 4.92 Å². The lowest BCUT2D eigenvalue weighted by molar-refractivity contribution is -0.385. The summed E-state index contributed by atoms with van der Waals surface area (Å²) in [6, 6.07) is 16.3. The molecular weight excluding hydrogens is 298 g/mol. The average Bonchev–Trinajstić information content (AvgIpc) is 3.05. The van der Waals surface area contributed by atoms with Crippen molar-refractivity contribution in [3.8, 4) is 22.8 Å². The second kappa shape index (κ2) is 6.15.